The van der Waals surface area contributed by atoms with Gasteiger partial charge in [-0.15, -0.1) is 11.3 Å². The molecular formula is C8H8BrN3O3S. The van der Waals surface area contributed by atoms with Crippen molar-refractivity contribution in [3.8, 4) is 0 Å². The smallest absolute Gasteiger partial charge is 0.360 e. The average molecular weight is 306 g/mol. The van der Waals surface area contributed by atoms with Crippen molar-refractivity contribution in [1.82, 2.24) is 4.98 Å². The molecule has 1 heterocycles. The molecule has 8 heteroatoms. The maximum absolute atomic E-state index is 10.9. The number of nitrogen functional groups attached to an aromatic ring is 1. The predicted octanol–water partition coefficient (Wildman–Crippen LogP) is 1.44. The highest BCUT2D eigenvalue weighted by molar-refractivity contribution is 9.11. The largest absolute Gasteiger partial charge is 0.476 e. The molecule has 0 saturated carbocycles. The number of halogens is 1. The Morgan fingerprint density at radius 3 is 2.94 bits per heavy atom. The zero-order valence-corrected chi connectivity index (χ0v) is 10.4. The van der Waals surface area contributed by atoms with E-state index in [9.17, 15) is 4.79 Å². The Hall–Kier alpha value is -1.41. The van der Waals surface area contributed by atoms with Gasteiger partial charge in [0.15, 0.2) is 5.13 Å². The molecule has 1 aromatic rings. The lowest BCUT2D eigenvalue weighted by molar-refractivity contribution is -0.129. The van der Waals surface area contributed by atoms with Gasteiger partial charge in [-0.05, 0) is 0 Å². The molecule has 16 heavy (non-hydrogen) atoms. The van der Waals surface area contributed by atoms with Gasteiger partial charge in [0.25, 0.3) is 0 Å². The summed E-state index contributed by atoms with van der Waals surface area (Å²) in [6, 6.07) is 0. The third-order valence-corrected chi connectivity index (χ3v) is 2.25. The Balaban J connectivity index is 2.83. The predicted molar refractivity (Wildman–Crippen MR) is 64.7 cm³/mol. The number of carbonyl (C=O) groups is 1. The van der Waals surface area contributed by atoms with Gasteiger partial charge in [-0.3, -0.25) is 0 Å². The number of hydrogen-bond acceptors (Lipinski definition) is 6. The normalized spacial score (nSPS) is 11.2. The van der Waals surface area contributed by atoms with Crippen LogP contribution in [-0.2, 0) is 9.63 Å². The number of thiazole rings is 1. The molecule has 1 aromatic heterocycles. The van der Waals surface area contributed by atoms with Crippen LogP contribution in [0, 0.1) is 0 Å². The highest BCUT2D eigenvalue weighted by Gasteiger charge is 2.16. The second kappa shape index (κ2) is 5.61. The Kier molecular flexibility index (Phi) is 4.44. The fourth-order valence-electron chi connectivity index (χ4n) is 0.759. The first-order valence-corrected chi connectivity index (χ1v) is 5.66. The minimum absolute atomic E-state index is 0.0798. The molecule has 0 aliphatic heterocycles. The van der Waals surface area contributed by atoms with Crippen molar-refractivity contribution in [1.29, 1.82) is 0 Å². The van der Waals surface area contributed by atoms with Crippen molar-refractivity contribution >= 4 is 44.1 Å². The second-order valence-electron chi connectivity index (χ2n) is 2.61. The van der Waals surface area contributed by atoms with Gasteiger partial charge in [-0.25, -0.2) is 9.78 Å². The Bertz CT molecular complexity index is 443. The number of oxime groups is 1. The number of nitrogens with two attached hydrogens (primary N) is 1. The molecule has 86 valence electrons. The molecule has 1 rings (SSSR count). The van der Waals surface area contributed by atoms with Crippen LogP contribution in [0.15, 0.2) is 21.6 Å². The fraction of sp³-hybridized carbons (Fsp3) is 0.125. The van der Waals surface area contributed by atoms with Gasteiger partial charge in [0.2, 0.25) is 5.71 Å². The SMILES string of the molecule is C=C(Br)CON=C(C(=O)O)c1csc(N)n1. The van der Waals surface area contributed by atoms with Gasteiger partial charge in [0.05, 0.1) is 0 Å². The van der Waals surface area contributed by atoms with Gasteiger partial charge in [0.1, 0.15) is 12.3 Å². The minimum Gasteiger partial charge on any atom is -0.476 e. The molecule has 6 nitrogen and oxygen atoms in total. The number of carboxylic acids is 1. The van der Waals surface area contributed by atoms with Gasteiger partial charge in [0, 0.05) is 9.86 Å². The van der Waals surface area contributed by atoms with Crippen molar-refractivity contribution in [2.45, 2.75) is 0 Å². The fourth-order valence-corrected chi connectivity index (χ4v) is 1.41. The number of aliphatic carboxylic acids is 1. The number of rotatable bonds is 5. The zero-order chi connectivity index (χ0) is 12.1. The van der Waals surface area contributed by atoms with Crippen molar-refractivity contribution in [2.75, 3.05) is 12.3 Å². The number of carboxylic acid groups (broad SMARTS) is 1. The van der Waals surface area contributed by atoms with E-state index in [1.54, 1.807) is 0 Å². The molecule has 0 amide bonds. The lowest BCUT2D eigenvalue weighted by Gasteiger charge is -1.99. The third kappa shape index (κ3) is 3.63. The summed E-state index contributed by atoms with van der Waals surface area (Å²) in [5.74, 6) is -1.23. The van der Waals surface area contributed by atoms with E-state index >= 15 is 0 Å². The van der Waals surface area contributed by atoms with Crippen molar-refractivity contribution in [3.05, 3.63) is 22.1 Å². The molecule has 0 bridgehead atoms. The average Bonchev–Trinajstić information content (AvgIpc) is 2.58. The van der Waals surface area contributed by atoms with E-state index in [0.29, 0.717) is 4.48 Å². The Morgan fingerprint density at radius 1 is 1.81 bits per heavy atom. The van der Waals surface area contributed by atoms with E-state index in [1.807, 2.05) is 0 Å². The van der Waals surface area contributed by atoms with Crippen LogP contribution in [0.3, 0.4) is 0 Å². The number of anilines is 1. The molecule has 0 aliphatic carbocycles. The van der Waals surface area contributed by atoms with Crippen LogP contribution in [0.2, 0.25) is 0 Å². The summed E-state index contributed by atoms with van der Waals surface area (Å²) >= 11 is 4.18. The molecule has 0 atom stereocenters. The molecule has 0 aliphatic rings. The summed E-state index contributed by atoms with van der Waals surface area (Å²) in [5.41, 5.74) is 5.28. The van der Waals surface area contributed by atoms with Gasteiger partial charge in [-0.2, -0.15) is 0 Å². The van der Waals surface area contributed by atoms with Crippen molar-refractivity contribution in [3.63, 3.8) is 0 Å². The number of hydrogen-bond donors (Lipinski definition) is 2. The van der Waals surface area contributed by atoms with E-state index in [4.69, 9.17) is 15.7 Å². The number of aromatic nitrogens is 1. The van der Waals surface area contributed by atoms with Crippen LogP contribution in [0.4, 0.5) is 5.13 Å². The second-order valence-corrected chi connectivity index (χ2v) is 4.62. The molecule has 3 N–H and O–H groups in total. The first-order chi connectivity index (χ1) is 7.50. The molecule has 0 unspecified atom stereocenters. The summed E-state index contributed by atoms with van der Waals surface area (Å²) in [5, 5.41) is 14.1. The monoisotopic (exact) mass is 305 g/mol. The summed E-state index contributed by atoms with van der Waals surface area (Å²) in [6.45, 7) is 3.59. The van der Waals surface area contributed by atoms with Crippen LogP contribution in [0.5, 0.6) is 0 Å². The van der Waals surface area contributed by atoms with Crippen molar-refractivity contribution < 1.29 is 14.7 Å². The standard InChI is InChI=1S/C8H8BrN3O3S/c1-4(9)2-15-12-6(7(13)14)5-3-16-8(10)11-5/h3H,1-2H2,(H2,10,11)(H,13,14). The summed E-state index contributed by atoms with van der Waals surface area (Å²) in [6.07, 6.45) is 0. The van der Waals surface area contributed by atoms with E-state index in [0.717, 1.165) is 11.3 Å². The highest BCUT2D eigenvalue weighted by Crippen LogP contribution is 2.12. The lowest BCUT2D eigenvalue weighted by Crippen LogP contribution is -2.15. The van der Waals surface area contributed by atoms with E-state index in [-0.39, 0.29) is 23.1 Å². The maximum atomic E-state index is 10.9. The maximum Gasteiger partial charge on any atom is 0.360 e. The molecule has 0 saturated heterocycles. The molecule has 0 spiro atoms. The highest BCUT2D eigenvalue weighted by atomic mass is 79.9. The molecular weight excluding hydrogens is 298 g/mol. The number of nitrogens with zero attached hydrogens (tertiary/aromatic N) is 2. The van der Waals surface area contributed by atoms with Crippen LogP contribution >= 0.6 is 27.3 Å². The molecule has 0 aromatic carbocycles. The van der Waals surface area contributed by atoms with Gasteiger partial charge >= 0.3 is 5.97 Å². The Labute approximate surface area is 104 Å². The summed E-state index contributed by atoms with van der Waals surface area (Å²) in [7, 11) is 0. The molecule has 0 radical (unpaired) electrons. The van der Waals surface area contributed by atoms with Crippen LogP contribution in [-0.4, -0.2) is 28.4 Å². The van der Waals surface area contributed by atoms with Gasteiger partial charge < -0.3 is 15.7 Å². The van der Waals surface area contributed by atoms with E-state index in [1.165, 1.54) is 5.38 Å². The van der Waals surface area contributed by atoms with Crippen LogP contribution in [0.1, 0.15) is 5.69 Å². The zero-order valence-electron chi connectivity index (χ0n) is 8.01. The Morgan fingerprint density at radius 2 is 2.50 bits per heavy atom. The van der Waals surface area contributed by atoms with Gasteiger partial charge in [-0.1, -0.05) is 27.7 Å². The van der Waals surface area contributed by atoms with E-state index < -0.39 is 5.97 Å². The third-order valence-electron chi connectivity index (χ3n) is 1.34. The molecule has 0 fully saturated rings. The van der Waals surface area contributed by atoms with E-state index in [2.05, 4.69) is 32.6 Å². The quantitative estimate of drug-likeness (QED) is 0.633. The minimum atomic E-state index is -1.23. The lowest BCUT2D eigenvalue weighted by atomic mass is 10.3. The first-order valence-electron chi connectivity index (χ1n) is 3.98. The van der Waals surface area contributed by atoms with Crippen LogP contribution < -0.4 is 5.73 Å². The van der Waals surface area contributed by atoms with Crippen molar-refractivity contribution in [2.24, 2.45) is 5.16 Å². The summed E-state index contributed by atoms with van der Waals surface area (Å²) in [4.78, 5) is 19.4. The first kappa shape index (κ1) is 12.7. The summed E-state index contributed by atoms with van der Waals surface area (Å²) < 4.78 is 0.554. The van der Waals surface area contributed by atoms with Crippen LogP contribution in [0.25, 0.3) is 0 Å². The topological polar surface area (TPSA) is 97.8 Å².